The van der Waals surface area contributed by atoms with Crippen LogP contribution in [0.25, 0.3) is 0 Å². The number of hydrogen-bond donors (Lipinski definition) is 1. The minimum Gasteiger partial charge on any atom is -0.491 e. The van der Waals surface area contributed by atoms with Crippen LogP contribution in [0.1, 0.15) is 16.7 Å². The molecule has 5 nitrogen and oxygen atoms in total. The topological polar surface area (TPSA) is 50.8 Å². The first-order valence-corrected chi connectivity index (χ1v) is 9.96. The summed E-state index contributed by atoms with van der Waals surface area (Å²) in [5.74, 6) is -0.000870. The van der Waals surface area contributed by atoms with Gasteiger partial charge in [0.25, 0.3) is 0 Å². The number of rotatable bonds is 5. The highest BCUT2D eigenvalue weighted by molar-refractivity contribution is 5.89. The molecule has 7 heteroatoms. The summed E-state index contributed by atoms with van der Waals surface area (Å²) in [7, 11) is 0. The first kappa shape index (κ1) is 20.8. The van der Waals surface area contributed by atoms with Crippen molar-refractivity contribution in [2.75, 3.05) is 18.5 Å². The second-order valence-electron chi connectivity index (χ2n) is 7.24. The molecule has 3 aromatic carbocycles. The van der Waals surface area contributed by atoms with Gasteiger partial charge in [-0.1, -0.05) is 30.3 Å². The van der Waals surface area contributed by atoms with Crippen LogP contribution in [0, 0.1) is 11.6 Å². The average Bonchev–Trinajstić information content (AvgIpc) is 2.97. The summed E-state index contributed by atoms with van der Waals surface area (Å²) in [6.07, 6.45) is 0. The van der Waals surface area contributed by atoms with E-state index >= 15 is 0 Å². The molecule has 1 N–H and O–H groups in total. The molecule has 0 saturated heterocycles. The Kier molecular flexibility index (Phi) is 6.43. The molecule has 1 aliphatic rings. The molecular weight excluding hydrogens is 402 g/mol. The fourth-order valence-corrected chi connectivity index (χ4v) is 3.37. The van der Waals surface area contributed by atoms with Crippen molar-refractivity contribution >= 4 is 11.7 Å². The molecule has 0 unspecified atom stereocenters. The summed E-state index contributed by atoms with van der Waals surface area (Å²) < 4.78 is 38.5. The van der Waals surface area contributed by atoms with Crippen LogP contribution >= 0.6 is 0 Å². The van der Waals surface area contributed by atoms with Crippen molar-refractivity contribution in [3.05, 3.63) is 95.1 Å². The van der Waals surface area contributed by atoms with Crippen LogP contribution in [0.3, 0.4) is 0 Å². The lowest BCUT2D eigenvalue weighted by Crippen LogP contribution is -2.36. The van der Waals surface area contributed by atoms with Crippen LogP contribution in [-0.2, 0) is 24.5 Å². The van der Waals surface area contributed by atoms with Gasteiger partial charge >= 0.3 is 6.03 Å². The van der Waals surface area contributed by atoms with E-state index in [9.17, 15) is 13.6 Å². The van der Waals surface area contributed by atoms with Crippen molar-refractivity contribution in [2.24, 2.45) is 0 Å². The van der Waals surface area contributed by atoms with Crippen LogP contribution in [0.4, 0.5) is 19.3 Å². The number of carbonyl (C=O) groups excluding carboxylic acids is 1. The molecule has 160 valence electrons. The molecule has 31 heavy (non-hydrogen) atoms. The Labute approximate surface area is 179 Å². The van der Waals surface area contributed by atoms with E-state index in [1.807, 2.05) is 18.2 Å². The maximum absolute atomic E-state index is 13.7. The van der Waals surface area contributed by atoms with E-state index in [2.05, 4.69) is 5.32 Å². The largest absolute Gasteiger partial charge is 0.491 e. The monoisotopic (exact) mass is 424 g/mol. The molecule has 1 heterocycles. The zero-order valence-electron chi connectivity index (χ0n) is 16.8. The Bertz CT molecular complexity index is 1070. The molecule has 1 aliphatic heterocycles. The predicted molar refractivity (Wildman–Crippen MR) is 113 cm³/mol. The molecule has 0 bridgehead atoms. The van der Waals surface area contributed by atoms with Gasteiger partial charge in [0, 0.05) is 16.8 Å². The van der Waals surface area contributed by atoms with E-state index in [1.165, 1.54) is 18.2 Å². The highest BCUT2D eigenvalue weighted by atomic mass is 19.1. The molecular formula is C24H22F2N2O3. The molecule has 3 aromatic rings. The van der Waals surface area contributed by atoms with Crippen LogP contribution < -0.4 is 10.1 Å². The smallest absolute Gasteiger partial charge is 0.322 e. The minimum absolute atomic E-state index is 0.169. The molecule has 0 spiro atoms. The third-order valence-corrected chi connectivity index (χ3v) is 4.95. The number of urea groups is 1. The van der Waals surface area contributed by atoms with E-state index in [1.54, 1.807) is 35.2 Å². The molecule has 0 aromatic heterocycles. The number of halogens is 2. The Hall–Kier alpha value is -3.45. The SMILES string of the molecule is O=C(Nc1cccc(F)c1)N1CCOc2ccc(COCc3ccccc3F)cc2C1. The number of nitrogens with zero attached hydrogens (tertiary/aromatic N) is 1. The van der Waals surface area contributed by atoms with E-state index in [-0.39, 0.29) is 18.5 Å². The van der Waals surface area contributed by atoms with Gasteiger partial charge in [-0.25, -0.2) is 13.6 Å². The summed E-state index contributed by atoms with van der Waals surface area (Å²) in [6.45, 7) is 1.57. The van der Waals surface area contributed by atoms with Gasteiger partial charge in [0.2, 0.25) is 0 Å². The van der Waals surface area contributed by atoms with Gasteiger partial charge in [0.05, 0.1) is 26.3 Å². The molecule has 0 atom stereocenters. The standard InChI is InChI=1S/C24H22F2N2O3/c25-20-5-3-6-21(13-20)27-24(29)28-10-11-31-23-9-8-17(12-19(23)14-28)15-30-16-18-4-1-2-7-22(18)26/h1-9,12-13H,10-11,14-16H2,(H,27,29). The number of hydrogen-bond acceptors (Lipinski definition) is 3. The summed E-state index contributed by atoms with van der Waals surface area (Å²) in [6, 6.07) is 17.6. The van der Waals surface area contributed by atoms with Crippen LogP contribution in [-0.4, -0.2) is 24.1 Å². The Morgan fingerprint density at radius 2 is 1.90 bits per heavy atom. The fourth-order valence-electron chi connectivity index (χ4n) is 3.37. The number of ether oxygens (including phenoxy) is 2. The van der Waals surface area contributed by atoms with Gasteiger partial charge in [-0.2, -0.15) is 0 Å². The summed E-state index contributed by atoms with van der Waals surface area (Å²) in [4.78, 5) is 14.3. The molecule has 0 fully saturated rings. The molecule has 4 rings (SSSR count). The normalized spacial score (nSPS) is 13.2. The first-order valence-electron chi connectivity index (χ1n) is 9.96. The average molecular weight is 424 g/mol. The van der Waals surface area contributed by atoms with Crippen molar-refractivity contribution in [1.29, 1.82) is 0 Å². The summed E-state index contributed by atoms with van der Waals surface area (Å²) in [5.41, 5.74) is 2.64. The van der Waals surface area contributed by atoms with Gasteiger partial charge < -0.3 is 19.7 Å². The van der Waals surface area contributed by atoms with Crippen molar-refractivity contribution in [2.45, 2.75) is 19.8 Å². The zero-order chi connectivity index (χ0) is 21.6. The summed E-state index contributed by atoms with van der Waals surface area (Å²) in [5, 5.41) is 2.71. The third-order valence-electron chi connectivity index (χ3n) is 4.95. The Morgan fingerprint density at radius 1 is 1.03 bits per heavy atom. The second kappa shape index (κ2) is 9.57. The number of nitrogens with one attached hydrogen (secondary N) is 1. The highest BCUT2D eigenvalue weighted by Crippen LogP contribution is 2.25. The summed E-state index contributed by atoms with van der Waals surface area (Å²) >= 11 is 0. The van der Waals surface area contributed by atoms with Crippen LogP contribution in [0.5, 0.6) is 5.75 Å². The Morgan fingerprint density at radius 3 is 2.74 bits per heavy atom. The van der Waals surface area contributed by atoms with E-state index in [0.29, 0.717) is 43.3 Å². The minimum atomic E-state index is -0.414. The van der Waals surface area contributed by atoms with Crippen LogP contribution in [0.15, 0.2) is 66.7 Å². The van der Waals surface area contributed by atoms with Gasteiger partial charge in [0.1, 0.15) is 24.0 Å². The van der Waals surface area contributed by atoms with Gasteiger partial charge in [0.15, 0.2) is 0 Å². The number of amides is 2. The van der Waals surface area contributed by atoms with Crippen molar-refractivity contribution < 1.29 is 23.0 Å². The quantitative estimate of drug-likeness (QED) is 0.619. The van der Waals surface area contributed by atoms with Crippen molar-refractivity contribution in [3.63, 3.8) is 0 Å². The number of benzene rings is 3. The van der Waals surface area contributed by atoms with Gasteiger partial charge in [-0.3, -0.25) is 0 Å². The van der Waals surface area contributed by atoms with Crippen LogP contribution in [0.2, 0.25) is 0 Å². The fraction of sp³-hybridized carbons (Fsp3) is 0.208. The number of anilines is 1. The first-order chi connectivity index (χ1) is 15.1. The zero-order valence-corrected chi connectivity index (χ0v) is 16.8. The van der Waals surface area contributed by atoms with E-state index in [4.69, 9.17) is 9.47 Å². The number of carbonyl (C=O) groups is 1. The number of fused-ring (bicyclic) bond motifs is 1. The van der Waals surface area contributed by atoms with E-state index in [0.717, 1.165) is 11.1 Å². The molecule has 0 saturated carbocycles. The van der Waals surface area contributed by atoms with E-state index < -0.39 is 5.82 Å². The Balaban J connectivity index is 1.40. The maximum Gasteiger partial charge on any atom is 0.322 e. The third kappa shape index (κ3) is 5.38. The lowest BCUT2D eigenvalue weighted by Gasteiger charge is -2.20. The lowest BCUT2D eigenvalue weighted by atomic mass is 10.1. The van der Waals surface area contributed by atoms with Gasteiger partial charge in [-0.15, -0.1) is 0 Å². The lowest BCUT2D eigenvalue weighted by molar-refractivity contribution is 0.105. The van der Waals surface area contributed by atoms with Gasteiger partial charge in [-0.05, 0) is 42.0 Å². The van der Waals surface area contributed by atoms with Crippen molar-refractivity contribution in [1.82, 2.24) is 4.90 Å². The molecule has 0 aliphatic carbocycles. The molecule has 0 radical (unpaired) electrons. The second-order valence-corrected chi connectivity index (χ2v) is 7.24. The highest BCUT2D eigenvalue weighted by Gasteiger charge is 2.20. The molecule has 2 amide bonds. The maximum atomic E-state index is 13.7. The van der Waals surface area contributed by atoms with Crippen molar-refractivity contribution in [3.8, 4) is 5.75 Å². The predicted octanol–water partition coefficient (Wildman–Crippen LogP) is 5.11.